The van der Waals surface area contributed by atoms with Crippen LogP contribution in [-0.2, 0) is 14.3 Å². The smallest absolute Gasteiger partial charge is 0.333 e. The number of anilines is 1. The minimum atomic E-state index is -0.562. The fourth-order valence-corrected chi connectivity index (χ4v) is 2.45. The van der Waals surface area contributed by atoms with Crippen molar-refractivity contribution in [1.82, 2.24) is 0 Å². The van der Waals surface area contributed by atoms with Crippen molar-refractivity contribution in [2.75, 3.05) is 18.6 Å². The molecule has 0 atom stereocenters. The van der Waals surface area contributed by atoms with Crippen LogP contribution in [-0.4, -0.2) is 31.3 Å². The molecule has 1 aliphatic heterocycles. The number of aryl methyl sites for hydroxylation is 2. The highest BCUT2D eigenvalue weighted by atomic mass is 16.5. The lowest BCUT2D eigenvalue weighted by Crippen LogP contribution is -2.30. The maximum Gasteiger partial charge on any atom is 0.333 e. The lowest BCUT2D eigenvalue weighted by atomic mass is 10.0. The van der Waals surface area contributed by atoms with Gasteiger partial charge >= 0.3 is 5.97 Å². The van der Waals surface area contributed by atoms with Crippen LogP contribution in [0.1, 0.15) is 28.4 Å². The molecule has 21 heavy (non-hydrogen) atoms. The molecule has 0 aliphatic carbocycles. The molecule has 110 valence electrons. The Labute approximate surface area is 123 Å². The minimum Gasteiger partial charge on any atom is -0.466 e. The van der Waals surface area contributed by atoms with Crippen molar-refractivity contribution in [2.45, 2.75) is 20.8 Å². The molecule has 0 bridgehead atoms. The highest BCUT2D eigenvalue weighted by Crippen LogP contribution is 2.32. The zero-order valence-corrected chi connectivity index (χ0v) is 12.5. The highest BCUT2D eigenvalue weighted by molar-refractivity contribution is 6.52. The second-order valence-electron chi connectivity index (χ2n) is 5.10. The number of methoxy groups -OCH3 is 1. The molecule has 5 nitrogen and oxygen atoms in total. The Hall–Kier alpha value is -2.43. The molecule has 0 unspecified atom stereocenters. The number of carbonyl (C=O) groups excluding carboxylic acids is 3. The third-order valence-electron chi connectivity index (χ3n) is 3.50. The molecule has 1 aliphatic rings. The van der Waals surface area contributed by atoms with E-state index in [0.29, 0.717) is 16.8 Å². The number of hydrogen-bond acceptors (Lipinski definition) is 4. The summed E-state index contributed by atoms with van der Waals surface area (Å²) >= 11 is 0. The maximum absolute atomic E-state index is 12.1. The van der Waals surface area contributed by atoms with Crippen LogP contribution in [0.25, 0.3) is 0 Å². The van der Waals surface area contributed by atoms with Crippen LogP contribution < -0.4 is 4.90 Å². The van der Waals surface area contributed by atoms with Gasteiger partial charge in [0.2, 0.25) is 0 Å². The Morgan fingerprint density at radius 3 is 2.57 bits per heavy atom. The summed E-state index contributed by atoms with van der Waals surface area (Å²) in [4.78, 5) is 36.9. The first kappa shape index (κ1) is 15.0. The van der Waals surface area contributed by atoms with Crippen LogP contribution in [0.3, 0.4) is 0 Å². The number of Topliss-reactive ketones (excluding diaryl/α,β-unsaturated/α-hetero) is 1. The number of amides is 1. The molecule has 0 saturated heterocycles. The number of ether oxygens (including phenoxy) is 1. The van der Waals surface area contributed by atoms with Crippen LogP contribution in [0.4, 0.5) is 5.69 Å². The van der Waals surface area contributed by atoms with Crippen LogP contribution in [0.5, 0.6) is 0 Å². The summed E-state index contributed by atoms with van der Waals surface area (Å²) in [6, 6.07) is 3.69. The molecule has 1 aromatic rings. The van der Waals surface area contributed by atoms with Crippen molar-refractivity contribution in [3.63, 3.8) is 0 Å². The lowest BCUT2D eigenvalue weighted by molar-refractivity contribution is -0.136. The van der Waals surface area contributed by atoms with Gasteiger partial charge < -0.3 is 9.64 Å². The first-order valence-corrected chi connectivity index (χ1v) is 6.59. The summed E-state index contributed by atoms with van der Waals surface area (Å²) in [5, 5.41) is 0. The molecule has 5 heteroatoms. The number of nitrogens with zero attached hydrogens (tertiary/aromatic N) is 1. The Balaban J connectivity index is 2.38. The van der Waals surface area contributed by atoms with Gasteiger partial charge in [0.05, 0.1) is 18.4 Å². The largest absolute Gasteiger partial charge is 0.466 e. The first-order valence-electron chi connectivity index (χ1n) is 6.59. The molecule has 0 N–H and O–H groups in total. The summed E-state index contributed by atoms with van der Waals surface area (Å²) < 4.78 is 4.61. The highest BCUT2D eigenvalue weighted by Gasteiger charge is 2.36. The van der Waals surface area contributed by atoms with E-state index in [9.17, 15) is 14.4 Å². The van der Waals surface area contributed by atoms with Crippen LogP contribution >= 0.6 is 0 Å². The topological polar surface area (TPSA) is 63.7 Å². The van der Waals surface area contributed by atoms with E-state index in [1.807, 2.05) is 26.0 Å². The summed E-state index contributed by atoms with van der Waals surface area (Å²) in [5.74, 6) is -1.51. The van der Waals surface area contributed by atoms with Gasteiger partial charge in [-0.05, 0) is 38.0 Å². The average molecular weight is 287 g/mol. The number of fused-ring (bicyclic) bond motifs is 1. The molecule has 1 amide bonds. The first-order chi connectivity index (χ1) is 9.86. The number of esters is 1. The second-order valence-corrected chi connectivity index (χ2v) is 5.10. The van der Waals surface area contributed by atoms with E-state index in [2.05, 4.69) is 4.74 Å². The van der Waals surface area contributed by atoms with Gasteiger partial charge in [0, 0.05) is 12.1 Å². The van der Waals surface area contributed by atoms with Crippen molar-refractivity contribution in [3.8, 4) is 0 Å². The fraction of sp³-hybridized carbons (Fsp3) is 0.312. The van der Waals surface area contributed by atoms with Crippen molar-refractivity contribution in [3.05, 3.63) is 40.5 Å². The van der Waals surface area contributed by atoms with Gasteiger partial charge in [0.25, 0.3) is 11.7 Å². The zero-order valence-electron chi connectivity index (χ0n) is 12.5. The van der Waals surface area contributed by atoms with E-state index in [1.54, 1.807) is 13.0 Å². The van der Waals surface area contributed by atoms with Crippen molar-refractivity contribution >= 4 is 23.3 Å². The number of rotatable bonds is 3. The molecule has 0 saturated carbocycles. The SMILES string of the molecule is COC(=O)C(C)=CCN1C(=O)C(=O)c2c(C)cc(C)cc21. The summed E-state index contributed by atoms with van der Waals surface area (Å²) in [6.45, 7) is 5.50. The van der Waals surface area contributed by atoms with Gasteiger partial charge in [-0.1, -0.05) is 12.1 Å². The summed E-state index contributed by atoms with van der Waals surface area (Å²) in [6.07, 6.45) is 1.59. The predicted octanol–water partition coefficient (Wildman–Crippen LogP) is 1.95. The van der Waals surface area contributed by atoms with E-state index in [0.717, 1.165) is 11.1 Å². The van der Waals surface area contributed by atoms with Gasteiger partial charge in [-0.3, -0.25) is 9.59 Å². The lowest BCUT2D eigenvalue weighted by Gasteiger charge is -2.15. The average Bonchev–Trinajstić information content (AvgIpc) is 2.67. The van der Waals surface area contributed by atoms with Gasteiger partial charge in [-0.25, -0.2) is 4.79 Å². The van der Waals surface area contributed by atoms with E-state index < -0.39 is 17.7 Å². The number of benzene rings is 1. The molecule has 0 fully saturated rings. The number of carbonyl (C=O) groups is 3. The van der Waals surface area contributed by atoms with E-state index in [4.69, 9.17) is 0 Å². The van der Waals surface area contributed by atoms with Gasteiger partial charge in [-0.2, -0.15) is 0 Å². The number of ketones is 1. The Morgan fingerprint density at radius 1 is 1.29 bits per heavy atom. The maximum atomic E-state index is 12.1. The monoisotopic (exact) mass is 287 g/mol. The molecular formula is C16H17NO4. The molecule has 1 heterocycles. The second kappa shape index (κ2) is 5.52. The third-order valence-corrected chi connectivity index (χ3v) is 3.50. The van der Waals surface area contributed by atoms with Crippen molar-refractivity contribution in [1.29, 1.82) is 0 Å². The third kappa shape index (κ3) is 2.59. The molecule has 0 radical (unpaired) electrons. The molecule has 1 aromatic carbocycles. The Morgan fingerprint density at radius 2 is 1.95 bits per heavy atom. The van der Waals surface area contributed by atoms with Gasteiger partial charge in [0.1, 0.15) is 0 Å². The Bertz CT molecular complexity index is 673. The standard InChI is InChI=1S/C16H17NO4/c1-9-7-11(3)13-12(8-9)17(15(19)14(13)18)6-5-10(2)16(20)21-4/h5,7-8H,6H2,1-4H3. The van der Waals surface area contributed by atoms with Crippen LogP contribution in [0.2, 0.25) is 0 Å². The van der Waals surface area contributed by atoms with E-state index in [1.165, 1.54) is 12.0 Å². The van der Waals surface area contributed by atoms with Crippen molar-refractivity contribution < 1.29 is 19.1 Å². The number of hydrogen-bond donors (Lipinski definition) is 0. The normalized spacial score (nSPS) is 14.5. The van der Waals surface area contributed by atoms with Gasteiger partial charge in [0.15, 0.2) is 0 Å². The van der Waals surface area contributed by atoms with Crippen LogP contribution in [0.15, 0.2) is 23.8 Å². The quantitative estimate of drug-likeness (QED) is 0.484. The Kier molecular flexibility index (Phi) is 3.93. The van der Waals surface area contributed by atoms with Crippen molar-refractivity contribution in [2.24, 2.45) is 0 Å². The molecule has 2 rings (SSSR count). The zero-order chi connectivity index (χ0) is 15.7. The molecular weight excluding hydrogens is 270 g/mol. The molecule has 0 spiro atoms. The molecule has 0 aromatic heterocycles. The summed E-state index contributed by atoms with van der Waals surface area (Å²) in [7, 11) is 1.30. The van der Waals surface area contributed by atoms with Gasteiger partial charge in [-0.15, -0.1) is 0 Å². The predicted molar refractivity (Wildman–Crippen MR) is 78.4 cm³/mol. The minimum absolute atomic E-state index is 0.168. The van der Waals surface area contributed by atoms with E-state index >= 15 is 0 Å². The fourth-order valence-electron chi connectivity index (χ4n) is 2.45. The van der Waals surface area contributed by atoms with E-state index in [-0.39, 0.29) is 6.54 Å². The van der Waals surface area contributed by atoms with Crippen LogP contribution in [0, 0.1) is 13.8 Å². The summed E-state index contributed by atoms with van der Waals surface area (Å²) in [5.41, 5.74) is 3.23.